The molecule has 0 aliphatic carbocycles. The number of rotatable bonds is 3. The summed E-state index contributed by atoms with van der Waals surface area (Å²) < 4.78 is 41.1. The van der Waals surface area contributed by atoms with Gasteiger partial charge in [-0.15, -0.1) is 0 Å². The summed E-state index contributed by atoms with van der Waals surface area (Å²) in [5.74, 6) is -3.64. The number of phenols is 1. The van der Waals surface area contributed by atoms with E-state index in [1.165, 1.54) is 53.8 Å². The Bertz CT molecular complexity index is 872. The lowest BCUT2D eigenvalue weighted by atomic mass is 9.77. The number of hydrogen-bond acceptors (Lipinski definition) is 4. The number of amides is 2. The summed E-state index contributed by atoms with van der Waals surface area (Å²) >= 11 is 0. The van der Waals surface area contributed by atoms with Crippen molar-refractivity contribution < 1.29 is 33.0 Å². The van der Waals surface area contributed by atoms with Crippen LogP contribution in [0.3, 0.4) is 0 Å². The number of aromatic hydroxyl groups is 1. The molecule has 1 fully saturated rings. The van der Waals surface area contributed by atoms with Gasteiger partial charge in [0.25, 0.3) is 0 Å². The van der Waals surface area contributed by atoms with Crippen LogP contribution in [0.2, 0.25) is 0 Å². The molecule has 0 unspecified atom stereocenters. The monoisotopic (exact) mass is 380 g/mol. The zero-order valence-electron chi connectivity index (χ0n) is 13.7. The number of carbonyl (C=O) groups is 2. The van der Waals surface area contributed by atoms with Crippen LogP contribution < -0.4 is 10.6 Å². The summed E-state index contributed by atoms with van der Waals surface area (Å²) in [4.78, 5) is 24.8. The normalized spacial score (nSPS) is 25.4. The van der Waals surface area contributed by atoms with E-state index in [2.05, 4.69) is 5.32 Å². The van der Waals surface area contributed by atoms with Gasteiger partial charge in [-0.05, 0) is 6.07 Å². The van der Waals surface area contributed by atoms with Gasteiger partial charge in [-0.2, -0.15) is 13.2 Å². The Labute approximate surface area is 151 Å². The van der Waals surface area contributed by atoms with Gasteiger partial charge in [0.15, 0.2) is 5.78 Å². The van der Waals surface area contributed by atoms with Gasteiger partial charge in [-0.3, -0.25) is 4.79 Å². The second-order valence-electron chi connectivity index (χ2n) is 6.11. The molecular weight excluding hydrogens is 365 g/mol. The molecule has 142 valence electrons. The van der Waals surface area contributed by atoms with Crippen LogP contribution in [0.1, 0.15) is 22.0 Å². The van der Waals surface area contributed by atoms with E-state index >= 15 is 0 Å². The number of urea groups is 1. The van der Waals surface area contributed by atoms with Crippen LogP contribution in [0.25, 0.3) is 0 Å². The van der Waals surface area contributed by atoms with E-state index in [9.17, 15) is 33.0 Å². The lowest BCUT2D eigenvalue weighted by Crippen LogP contribution is -2.72. The summed E-state index contributed by atoms with van der Waals surface area (Å²) in [5, 5.41) is 24.1. The zero-order valence-corrected chi connectivity index (χ0v) is 13.7. The maximum Gasteiger partial charge on any atom is 0.437 e. The fourth-order valence-corrected chi connectivity index (χ4v) is 3.13. The van der Waals surface area contributed by atoms with E-state index in [-0.39, 0.29) is 11.1 Å². The predicted molar refractivity (Wildman–Crippen MR) is 87.8 cm³/mol. The molecule has 3 rings (SSSR count). The Hall–Kier alpha value is -3.07. The molecular formula is C18H15F3N2O4. The molecule has 3 atom stereocenters. The van der Waals surface area contributed by atoms with Crippen molar-refractivity contribution in [3.05, 3.63) is 65.7 Å². The predicted octanol–water partition coefficient (Wildman–Crippen LogP) is 2.50. The average molecular weight is 380 g/mol. The van der Waals surface area contributed by atoms with Crippen molar-refractivity contribution in [2.45, 2.75) is 17.9 Å². The van der Waals surface area contributed by atoms with E-state index in [0.29, 0.717) is 0 Å². The number of aliphatic hydroxyl groups is 1. The molecule has 2 amide bonds. The minimum Gasteiger partial charge on any atom is -0.508 e. The van der Waals surface area contributed by atoms with Crippen molar-refractivity contribution in [1.82, 2.24) is 10.6 Å². The maximum absolute atomic E-state index is 13.7. The second kappa shape index (κ2) is 6.58. The zero-order chi connectivity index (χ0) is 19.8. The van der Waals surface area contributed by atoms with Crippen LogP contribution in [0.5, 0.6) is 5.75 Å². The number of Topliss-reactive ketones (excluding diaryl/α,β-unsaturated/α-hetero) is 1. The Kier molecular flexibility index (Phi) is 4.56. The van der Waals surface area contributed by atoms with E-state index < -0.39 is 41.4 Å². The Morgan fingerprint density at radius 1 is 1.04 bits per heavy atom. The van der Waals surface area contributed by atoms with Gasteiger partial charge in [0, 0.05) is 11.1 Å². The summed E-state index contributed by atoms with van der Waals surface area (Å²) in [5.41, 5.74) is -4.03. The van der Waals surface area contributed by atoms with Gasteiger partial charge in [0.1, 0.15) is 11.7 Å². The molecule has 27 heavy (non-hydrogen) atoms. The molecule has 0 radical (unpaired) electrons. The van der Waals surface area contributed by atoms with Crippen LogP contribution in [0.15, 0.2) is 54.6 Å². The molecule has 1 aliphatic rings. The van der Waals surface area contributed by atoms with Crippen molar-refractivity contribution in [2.75, 3.05) is 0 Å². The number of alkyl halides is 3. The lowest BCUT2D eigenvalue weighted by Gasteiger charge is -2.45. The fraction of sp³-hybridized carbons (Fsp3) is 0.222. The minimum atomic E-state index is -5.34. The number of halogens is 3. The highest BCUT2D eigenvalue weighted by atomic mass is 19.4. The number of hydrogen-bond donors (Lipinski definition) is 4. The molecule has 0 aromatic heterocycles. The number of nitrogens with one attached hydrogen (secondary N) is 2. The third-order valence-corrected chi connectivity index (χ3v) is 4.42. The van der Waals surface area contributed by atoms with Crippen LogP contribution in [0, 0.1) is 5.92 Å². The van der Waals surface area contributed by atoms with E-state index in [1.807, 2.05) is 0 Å². The Morgan fingerprint density at radius 2 is 1.63 bits per heavy atom. The summed E-state index contributed by atoms with van der Waals surface area (Å²) in [6, 6.07) is 9.52. The van der Waals surface area contributed by atoms with Gasteiger partial charge in [-0.1, -0.05) is 48.5 Å². The van der Waals surface area contributed by atoms with Gasteiger partial charge in [-0.25, -0.2) is 4.79 Å². The molecule has 1 aliphatic heterocycles. The Morgan fingerprint density at radius 3 is 2.22 bits per heavy atom. The number of phenolic OH excluding ortho intramolecular Hbond substituents is 1. The van der Waals surface area contributed by atoms with Crippen molar-refractivity contribution >= 4 is 11.8 Å². The van der Waals surface area contributed by atoms with Crippen molar-refractivity contribution in [3.63, 3.8) is 0 Å². The minimum absolute atomic E-state index is 0.0801. The molecule has 0 spiro atoms. The van der Waals surface area contributed by atoms with Crippen LogP contribution in [0.4, 0.5) is 18.0 Å². The van der Waals surface area contributed by atoms with Gasteiger partial charge in [0.05, 0.1) is 6.04 Å². The summed E-state index contributed by atoms with van der Waals surface area (Å²) in [6.45, 7) is 0. The topological polar surface area (TPSA) is 98.7 Å². The van der Waals surface area contributed by atoms with E-state index in [4.69, 9.17) is 0 Å². The number of ketones is 1. The van der Waals surface area contributed by atoms with Crippen molar-refractivity contribution in [1.29, 1.82) is 0 Å². The third-order valence-electron chi connectivity index (χ3n) is 4.42. The van der Waals surface area contributed by atoms with Crippen LogP contribution in [-0.2, 0) is 0 Å². The highest BCUT2D eigenvalue weighted by Gasteiger charge is 2.66. The van der Waals surface area contributed by atoms with Crippen molar-refractivity contribution in [2.24, 2.45) is 5.92 Å². The summed E-state index contributed by atoms with van der Waals surface area (Å²) in [7, 11) is 0. The van der Waals surface area contributed by atoms with Crippen LogP contribution >= 0.6 is 0 Å². The second-order valence-corrected chi connectivity index (χ2v) is 6.11. The number of para-hydroxylation sites is 1. The molecule has 6 nitrogen and oxygen atoms in total. The van der Waals surface area contributed by atoms with E-state index in [0.717, 1.165) is 0 Å². The summed E-state index contributed by atoms with van der Waals surface area (Å²) in [6.07, 6.45) is -5.34. The SMILES string of the molecule is O=C1N[C@H](c2ccccc2O)[C@@H](C(=O)c2ccccc2)[C@@](O)(C(F)(F)F)N1. The highest BCUT2D eigenvalue weighted by molar-refractivity contribution is 6.00. The van der Waals surface area contributed by atoms with Gasteiger partial charge in [0.2, 0.25) is 5.72 Å². The van der Waals surface area contributed by atoms with E-state index in [1.54, 1.807) is 6.07 Å². The quantitative estimate of drug-likeness (QED) is 0.615. The molecule has 2 aromatic rings. The van der Waals surface area contributed by atoms with Crippen LogP contribution in [-0.4, -0.2) is 33.9 Å². The molecule has 1 heterocycles. The first-order valence-corrected chi connectivity index (χ1v) is 7.90. The van der Waals surface area contributed by atoms with Gasteiger partial charge >= 0.3 is 12.2 Å². The number of carbonyl (C=O) groups excluding carboxylic acids is 2. The van der Waals surface area contributed by atoms with Crippen molar-refractivity contribution in [3.8, 4) is 5.75 Å². The first-order valence-electron chi connectivity index (χ1n) is 7.90. The standard InChI is InChI=1S/C18H15F3N2O4/c19-18(20,21)17(27)13(15(25)10-6-2-1-3-7-10)14(22-16(26)23-17)11-8-4-5-9-12(11)24/h1-9,13-14,24,27H,(H2,22,23,26)/t13-,14+,17+/m0/s1. The smallest absolute Gasteiger partial charge is 0.437 e. The third kappa shape index (κ3) is 3.21. The molecule has 9 heteroatoms. The number of benzene rings is 2. The lowest BCUT2D eigenvalue weighted by molar-refractivity contribution is -0.287. The molecule has 0 bridgehead atoms. The average Bonchev–Trinajstić information content (AvgIpc) is 2.61. The Balaban J connectivity index is 2.19. The highest BCUT2D eigenvalue weighted by Crippen LogP contribution is 2.45. The van der Waals surface area contributed by atoms with Gasteiger partial charge < -0.3 is 20.8 Å². The fourth-order valence-electron chi connectivity index (χ4n) is 3.13. The maximum atomic E-state index is 13.7. The largest absolute Gasteiger partial charge is 0.508 e. The molecule has 1 saturated heterocycles. The molecule has 2 aromatic carbocycles. The molecule has 0 saturated carbocycles. The first-order chi connectivity index (χ1) is 12.6. The molecule has 4 N–H and O–H groups in total. The first kappa shape index (κ1) is 18.7.